The largest absolute Gasteiger partial charge is 0.467 e. The molecule has 3 heterocycles. The van der Waals surface area contributed by atoms with Crippen LogP contribution in [0.5, 0.6) is 0 Å². The van der Waals surface area contributed by atoms with Gasteiger partial charge in [0.2, 0.25) is 11.8 Å². The van der Waals surface area contributed by atoms with Crippen molar-refractivity contribution in [3.8, 4) is 0 Å². The van der Waals surface area contributed by atoms with Crippen LogP contribution in [-0.4, -0.2) is 84.1 Å². The van der Waals surface area contributed by atoms with Crippen LogP contribution in [0.2, 0.25) is 0 Å². The minimum absolute atomic E-state index is 0.000503. The summed E-state index contributed by atoms with van der Waals surface area (Å²) in [6.45, 7) is 3.79. The molecule has 0 aromatic carbocycles. The number of rotatable bonds is 6. The molecule has 0 aliphatic carbocycles. The molecular formula is C22H30N4O5S. The average Bonchev–Trinajstić information content (AvgIpc) is 3.21. The molecule has 10 heteroatoms. The summed E-state index contributed by atoms with van der Waals surface area (Å²) in [7, 11) is 1.23. The van der Waals surface area contributed by atoms with Crippen molar-refractivity contribution >= 4 is 35.5 Å². The highest BCUT2D eigenvalue weighted by Crippen LogP contribution is 2.41. The minimum atomic E-state index is -0.980. The molecule has 174 valence electrons. The molecule has 1 aromatic heterocycles. The fourth-order valence-electron chi connectivity index (χ4n) is 4.51. The lowest BCUT2D eigenvalue weighted by Crippen LogP contribution is -2.46. The van der Waals surface area contributed by atoms with Gasteiger partial charge in [0.1, 0.15) is 11.1 Å². The summed E-state index contributed by atoms with van der Waals surface area (Å²) >= 11 is 1.46. The molecule has 3 amide bonds. The number of nitrogens with one attached hydrogen (secondary N) is 1. The molecule has 3 rings (SSSR count). The van der Waals surface area contributed by atoms with Gasteiger partial charge in [0.05, 0.1) is 19.1 Å². The molecule has 0 saturated carbocycles. The summed E-state index contributed by atoms with van der Waals surface area (Å²) in [5.74, 6) is -1.19. The van der Waals surface area contributed by atoms with E-state index >= 15 is 0 Å². The van der Waals surface area contributed by atoms with Crippen molar-refractivity contribution in [2.75, 3.05) is 39.5 Å². The predicted molar refractivity (Wildman–Crippen MR) is 119 cm³/mol. The Labute approximate surface area is 192 Å². The van der Waals surface area contributed by atoms with Gasteiger partial charge >= 0.3 is 5.97 Å². The van der Waals surface area contributed by atoms with E-state index in [9.17, 15) is 19.2 Å². The minimum Gasteiger partial charge on any atom is -0.467 e. The van der Waals surface area contributed by atoms with Crippen LogP contribution in [0, 0.1) is 5.41 Å². The lowest BCUT2D eigenvalue weighted by atomic mass is 9.77. The number of methoxy groups -OCH3 is 1. The summed E-state index contributed by atoms with van der Waals surface area (Å²) in [5, 5.41) is 3.22. The number of carbonyl (C=O) groups is 4. The van der Waals surface area contributed by atoms with Gasteiger partial charge in [-0.15, -0.1) is 11.8 Å². The molecule has 1 spiro atoms. The molecule has 2 fully saturated rings. The van der Waals surface area contributed by atoms with Crippen molar-refractivity contribution in [3.63, 3.8) is 0 Å². The van der Waals surface area contributed by atoms with Gasteiger partial charge in [-0.25, -0.2) is 9.78 Å². The van der Waals surface area contributed by atoms with E-state index < -0.39 is 12.0 Å². The van der Waals surface area contributed by atoms with Crippen molar-refractivity contribution in [2.45, 2.75) is 43.7 Å². The maximum absolute atomic E-state index is 13.0. The monoisotopic (exact) mass is 462 g/mol. The van der Waals surface area contributed by atoms with Crippen molar-refractivity contribution in [1.29, 1.82) is 0 Å². The fourth-order valence-corrected chi connectivity index (χ4v) is 5.05. The smallest absolute Gasteiger partial charge is 0.328 e. The zero-order valence-corrected chi connectivity index (χ0v) is 19.6. The Hall–Kier alpha value is -2.62. The molecule has 1 aromatic rings. The second kappa shape index (κ2) is 10.3. The van der Waals surface area contributed by atoms with Crippen molar-refractivity contribution in [1.82, 2.24) is 20.1 Å². The Bertz CT molecular complexity index is 885. The number of hydrogen-bond acceptors (Lipinski definition) is 7. The van der Waals surface area contributed by atoms with E-state index in [0.717, 1.165) is 24.3 Å². The molecule has 2 aliphatic rings. The van der Waals surface area contributed by atoms with Crippen molar-refractivity contribution < 1.29 is 23.9 Å². The van der Waals surface area contributed by atoms with E-state index in [4.69, 9.17) is 4.74 Å². The third-order valence-corrected chi connectivity index (χ3v) is 7.05. The maximum Gasteiger partial charge on any atom is 0.328 e. The molecule has 2 saturated heterocycles. The van der Waals surface area contributed by atoms with Crippen molar-refractivity contribution in [2.24, 2.45) is 5.41 Å². The molecule has 1 unspecified atom stereocenters. The number of amides is 3. The van der Waals surface area contributed by atoms with Crippen LogP contribution in [0.3, 0.4) is 0 Å². The van der Waals surface area contributed by atoms with Crippen molar-refractivity contribution in [3.05, 3.63) is 23.9 Å². The second-order valence-electron chi connectivity index (χ2n) is 8.40. The lowest BCUT2D eigenvalue weighted by molar-refractivity contribution is -0.147. The summed E-state index contributed by atoms with van der Waals surface area (Å²) in [5.41, 5.74) is 0.615. The van der Waals surface area contributed by atoms with Gasteiger partial charge in [0.25, 0.3) is 5.91 Å². The Balaban J connectivity index is 1.57. The SMILES string of the molecule is COC(=O)C(CC(=O)N1CCC2(CCN(C(=O)c3cccnc3SC)CC2)C1)NC(C)=O. The number of aromatic nitrogens is 1. The van der Waals surface area contributed by atoms with Crippen LogP contribution in [0.1, 0.15) is 43.0 Å². The first kappa shape index (κ1) is 24.0. The van der Waals surface area contributed by atoms with Gasteiger partial charge in [-0.05, 0) is 43.1 Å². The molecule has 1 atom stereocenters. The van der Waals surface area contributed by atoms with E-state index in [1.54, 1.807) is 17.2 Å². The quantitative estimate of drug-likeness (QED) is 0.502. The van der Waals surface area contributed by atoms with Crippen LogP contribution < -0.4 is 5.32 Å². The first-order valence-electron chi connectivity index (χ1n) is 10.7. The number of carbonyl (C=O) groups excluding carboxylic acids is 4. The topological polar surface area (TPSA) is 109 Å². The fraction of sp³-hybridized carbons (Fsp3) is 0.591. The Morgan fingerprint density at radius 1 is 1.19 bits per heavy atom. The van der Waals surface area contributed by atoms with Gasteiger partial charge in [-0.3, -0.25) is 14.4 Å². The van der Waals surface area contributed by atoms with Crippen LogP contribution in [0.4, 0.5) is 0 Å². The Kier molecular flexibility index (Phi) is 7.76. The standard InChI is InChI=1S/C22H30N4O5S/c1-15(27)24-17(21(30)31-2)13-18(28)26-12-8-22(14-26)6-10-25(11-7-22)20(29)16-5-4-9-23-19(16)32-3/h4-5,9,17H,6-8,10-14H2,1-3H3,(H,24,27). The Morgan fingerprint density at radius 3 is 2.44 bits per heavy atom. The van der Waals surface area contributed by atoms with Gasteiger partial charge in [0.15, 0.2) is 0 Å². The highest BCUT2D eigenvalue weighted by atomic mass is 32.2. The van der Waals surface area contributed by atoms with E-state index in [-0.39, 0.29) is 29.6 Å². The first-order chi connectivity index (χ1) is 15.3. The van der Waals surface area contributed by atoms with E-state index in [1.165, 1.54) is 25.8 Å². The number of thioether (sulfide) groups is 1. The van der Waals surface area contributed by atoms with E-state index in [0.29, 0.717) is 31.7 Å². The summed E-state index contributed by atoms with van der Waals surface area (Å²) in [6, 6.07) is 2.61. The van der Waals surface area contributed by atoms with Crippen LogP contribution in [-0.2, 0) is 19.1 Å². The zero-order valence-electron chi connectivity index (χ0n) is 18.8. The summed E-state index contributed by atoms with van der Waals surface area (Å²) < 4.78 is 4.71. The molecule has 9 nitrogen and oxygen atoms in total. The first-order valence-corrected chi connectivity index (χ1v) is 11.9. The molecule has 32 heavy (non-hydrogen) atoms. The number of ether oxygens (including phenoxy) is 1. The van der Waals surface area contributed by atoms with Gasteiger partial charge in [-0.1, -0.05) is 0 Å². The lowest BCUT2D eigenvalue weighted by Gasteiger charge is -2.39. The molecular weight excluding hydrogens is 432 g/mol. The Morgan fingerprint density at radius 2 is 1.84 bits per heavy atom. The maximum atomic E-state index is 13.0. The predicted octanol–water partition coefficient (Wildman–Crippen LogP) is 1.33. The van der Waals surface area contributed by atoms with Crippen LogP contribution in [0.25, 0.3) is 0 Å². The molecule has 0 bridgehead atoms. The second-order valence-corrected chi connectivity index (χ2v) is 9.19. The third-order valence-electron chi connectivity index (χ3n) is 6.34. The highest BCUT2D eigenvalue weighted by molar-refractivity contribution is 7.98. The highest BCUT2D eigenvalue weighted by Gasteiger charge is 2.43. The number of likely N-dealkylation sites (tertiary alicyclic amines) is 2. The van der Waals surface area contributed by atoms with Crippen LogP contribution >= 0.6 is 11.8 Å². The van der Waals surface area contributed by atoms with Gasteiger partial charge in [0, 0.05) is 39.3 Å². The van der Waals surface area contributed by atoms with Gasteiger partial charge in [-0.2, -0.15) is 0 Å². The summed E-state index contributed by atoms with van der Waals surface area (Å²) in [4.78, 5) is 57.0. The summed E-state index contributed by atoms with van der Waals surface area (Å²) in [6.07, 6.45) is 5.99. The third kappa shape index (κ3) is 5.40. The van der Waals surface area contributed by atoms with E-state index in [2.05, 4.69) is 10.3 Å². The number of pyridine rings is 1. The van der Waals surface area contributed by atoms with Crippen LogP contribution in [0.15, 0.2) is 23.4 Å². The molecule has 2 aliphatic heterocycles. The number of nitrogens with zero attached hydrogens (tertiary/aromatic N) is 3. The number of esters is 1. The number of hydrogen-bond donors (Lipinski definition) is 1. The number of piperidine rings is 1. The zero-order chi connectivity index (χ0) is 23.3. The molecule has 0 radical (unpaired) electrons. The normalized spacial score (nSPS) is 18.3. The van der Waals surface area contributed by atoms with E-state index in [1.807, 2.05) is 17.2 Å². The molecule has 1 N–H and O–H groups in total. The average molecular weight is 463 g/mol. The van der Waals surface area contributed by atoms with Gasteiger partial charge < -0.3 is 19.9 Å².